The molecule has 1 aromatic carbocycles. The lowest BCUT2D eigenvalue weighted by atomic mass is 9.75. The van der Waals surface area contributed by atoms with Crippen molar-refractivity contribution in [3.05, 3.63) is 59.5 Å². The normalized spacial score (nSPS) is 22.4. The number of nitrogens with two attached hydrogens (primary N) is 2. The van der Waals surface area contributed by atoms with Crippen LogP contribution in [0.25, 0.3) is 21.5 Å². The van der Waals surface area contributed by atoms with Crippen molar-refractivity contribution in [3.8, 4) is 11.1 Å². The maximum absolute atomic E-state index is 14.1. The molecule has 0 radical (unpaired) electrons. The lowest BCUT2D eigenvalue weighted by Crippen LogP contribution is -2.51. The van der Waals surface area contributed by atoms with Crippen LogP contribution in [-0.2, 0) is 0 Å². The molecule has 1 amide bonds. The minimum Gasteiger partial charge on any atom is -0.379 e. The summed E-state index contributed by atoms with van der Waals surface area (Å²) in [5.74, 6) is -1.17. The van der Waals surface area contributed by atoms with Crippen LogP contribution >= 0.6 is 0 Å². The van der Waals surface area contributed by atoms with Gasteiger partial charge in [-0.15, -0.1) is 0 Å². The first-order valence-electron chi connectivity index (χ1n) is 10.1. The molecule has 5 N–H and O–H groups in total. The van der Waals surface area contributed by atoms with Crippen molar-refractivity contribution in [1.29, 1.82) is 0 Å². The van der Waals surface area contributed by atoms with Crippen LogP contribution in [0, 0.1) is 17.8 Å². The summed E-state index contributed by atoms with van der Waals surface area (Å²) < 4.78 is 15.8. The first-order valence-corrected chi connectivity index (χ1v) is 10.1. The Kier molecular flexibility index (Phi) is 4.74. The molecule has 8 heteroatoms. The van der Waals surface area contributed by atoms with Gasteiger partial charge in [-0.2, -0.15) is 5.10 Å². The van der Waals surface area contributed by atoms with Crippen molar-refractivity contribution in [2.45, 2.75) is 45.2 Å². The van der Waals surface area contributed by atoms with E-state index in [9.17, 15) is 9.18 Å². The van der Waals surface area contributed by atoms with Gasteiger partial charge in [-0.3, -0.25) is 4.79 Å². The molecule has 2 aromatic heterocycles. The van der Waals surface area contributed by atoms with Crippen molar-refractivity contribution in [2.24, 2.45) is 16.9 Å². The largest absolute Gasteiger partial charge is 0.379 e. The average Bonchev–Trinajstić information content (AvgIpc) is 3.22. The molecular weight excluding hydrogens is 395 g/mol. The number of carbonyl (C=O) groups is 1. The highest BCUT2D eigenvalue weighted by atomic mass is 19.1. The van der Waals surface area contributed by atoms with Crippen LogP contribution in [-0.4, -0.2) is 27.1 Å². The zero-order valence-corrected chi connectivity index (χ0v) is 17.7. The molecule has 0 spiro atoms. The zero-order chi connectivity index (χ0) is 22.6. The molecule has 0 unspecified atom stereocenters. The number of carbonyl (C=O) groups excluding carboxylic acids is 1. The fourth-order valence-electron chi connectivity index (χ4n) is 4.28. The second-order valence-corrected chi connectivity index (χ2v) is 9.01. The molecule has 0 saturated heterocycles. The van der Waals surface area contributed by atoms with E-state index in [4.69, 9.17) is 18.0 Å². The minimum atomic E-state index is -0.584. The van der Waals surface area contributed by atoms with E-state index in [0.717, 1.165) is 12.8 Å². The summed E-state index contributed by atoms with van der Waals surface area (Å²) in [7, 11) is 0. The molecular formula is C23H25FN6O. The SMILES string of the molecule is [C-]#[N+]c1ccc(-c2cc3c(N[C@@H]4CC[C@](C)(N)C4(C)C)c(C(N)=O)cnn3c2)cc1F. The molecule has 1 aliphatic carbocycles. The van der Waals surface area contributed by atoms with E-state index >= 15 is 0 Å². The van der Waals surface area contributed by atoms with Gasteiger partial charge < -0.3 is 16.8 Å². The van der Waals surface area contributed by atoms with Gasteiger partial charge in [0.2, 0.25) is 5.69 Å². The Morgan fingerprint density at radius 2 is 2.06 bits per heavy atom. The average molecular weight is 420 g/mol. The summed E-state index contributed by atoms with van der Waals surface area (Å²) in [4.78, 5) is 15.3. The Morgan fingerprint density at radius 3 is 2.65 bits per heavy atom. The highest BCUT2D eigenvalue weighted by molar-refractivity contribution is 6.02. The molecule has 1 fully saturated rings. The van der Waals surface area contributed by atoms with Crippen LogP contribution in [0.1, 0.15) is 44.0 Å². The summed E-state index contributed by atoms with van der Waals surface area (Å²) in [6.45, 7) is 13.3. The van der Waals surface area contributed by atoms with Crippen molar-refractivity contribution >= 4 is 22.8 Å². The third-order valence-electron chi connectivity index (χ3n) is 6.92. The van der Waals surface area contributed by atoms with E-state index in [2.05, 4.69) is 29.1 Å². The lowest BCUT2D eigenvalue weighted by molar-refractivity contribution is 0.100. The number of nitrogens with zero attached hydrogens (tertiary/aromatic N) is 3. The van der Waals surface area contributed by atoms with E-state index in [1.165, 1.54) is 18.3 Å². The van der Waals surface area contributed by atoms with Gasteiger partial charge in [0.25, 0.3) is 5.91 Å². The van der Waals surface area contributed by atoms with Gasteiger partial charge in [0.05, 0.1) is 29.5 Å². The van der Waals surface area contributed by atoms with Crippen LogP contribution in [0.15, 0.2) is 36.7 Å². The molecule has 3 aromatic rings. The molecule has 31 heavy (non-hydrogen) atoms. The van der Waals surface area contributed by atoms with Crippen molar-refractivity contribution < 1.29 is 9.18 Å². The Labute approximate surface area is 180 Å². The number of aromatic nitrogens is 2. The fraction of sp³-hybridized carbons (Fsp3) is 0.348. The number of hydrogen-bond donors (Lipinski definition) is 3. The molecule has 0 bridgehead atoms. The molecule has 2 atom stereocenters. The van der Waals surface area contributed by atoms with Crippen molar-refractivity contribution in [2.75, 3.05) is 5.32 Å². The second-order valence-electron chi connectivity index (χ2n) is 9.01. The number of benzene rings is 1. The summed E-state index contributed by atoms with van der Waals surface area (Å²) in [6.07, 6.45) is 4.89. The van der Waals surface area contributed by atoms with Crippen LogP contribution in [0.4, 0.5) is 15.8 Å². The van der Waals surface area contributed by atoms with E-state index in [0.29, 0.717) is 22.3 Å². The summed E-state index contributed by atoms with van der Waals surface area (Å²) in [6, 6.07) is 6.32. The Bertz CT molecular complexity index is 1240. The Morgan fingerprint density at radius 1 is 1.32 bits per heavy atom. The number of anilines is 1. The topological polar surface area (TPSA) is 103 Å². The van der Waals surface area contributed by atoms with Crippen LogP contribution in [0.2, 0.25) is 0 Å². The minimum absolute atomic E-state index is 0.0283. The monoisotopic (exact) mass is 420 g/mol. The number of nitrogens with one attached hydrogen (secondary N) is 1. The first-order chi connectivity index (χ1) is 14.5. The summed E-state index contributed by atoms with van der Waals surface area (Å²) in [5, 5.41) is 7.83. The van der Waals surface area contributed by atoms with Gasteiger partial charge in [-0.25, -0.2) is 13.8 Å². The lowest BCUT2D eigenvalue weighted by Gasteiger charge is -2.39. The quantitative estimate of drug-likeness (QED) is 0.553. The van der Waals surface area contributed by atoms with Gasteiger partial charge >= 0.3 is 0 Å². The van der Waals surface area contributed by atoms with Crippen molar-refractivity contribution in [3.63, 3.8) is 0 Å². The Hall–Kier alpha value is -3.44. The number of amides is 1. The van der Waals surface area contributed by atoms with E-state index < -0.39 is 11.7 Å². The molecule has 0 aliphatic heterocycles. The van der Waals surface area contributed by atoms with Gasteiger partial charge in [0.15, 0.2) is 0 Å². The highest BCUT2D eigenvalue weighted by Crippen LogP contribution is 2.46. The smallest absolute Gasteiger partial charge is 0.252 e. The third-order valence-corrected chi connectivity index (χ3v) is 6.92. The van der Waals surface area contributed by atoms with Gasteiger partial charge in [-0.1, -0.05) is 26.0 Å². The number of fused-ring (bicyclic) bond motifs is 1. The van der Waals surface area contributed by atoms with Crippen LogP contribution in [0.3, 0.4) is 0 Å². The van der Waals surface area contributed by atoms with Gasteiger partial charge in [0.1, 0.15) is 5.82 Å². The van der Waals surface area contributed by atoms with E-state index in [1.54, 1.807) is 16.8 Å². The third kappa shape index (κ3) is 3.31. The zero-order valence-electron chi connectivity index (χ0n) is 17.7. The van der Waals surface area contributed by atoms with Crippen LogP contribution < -0.4 is 16.8 Å². The number of hydrogen-bond acceptors (Lipinski definition) is 4. The van der Waals surface area contributed by atoms with Gasteiger partial charge in [-0.05, 0) is 37.5 Å². The maximum Gasteiger partial charge on any atom is 0.252 e. The molecule has 7 nitrogen and oxygen atoms in total. The molecule has 1 saturated carbocycles. The molecule has 4 rings (SSSR count). The number of halogens is 1. The molecule has 1 aliphatic rings. The predicted octanol–water partition coefficient (Wildman–Crippen LogP) is 4.11. The van der Waals surface area contributed by atoms with Crippen LogP contribution in [0.5, 0.6) is 0 Å². The highest BCUT2D eigenvalue weighted by Gasteiger charge is 2.49. The van der Waals surface area contributed by atoms with Gasteiger partial charge in [0, 0.05) is 28.8 Å². The summed E-state index contributed by atoms with van der Waals surface area (Å²) >= 11 is 0. The maximum atomic E-state index is 14.1. The fourth-order valence-corrected chi connectivity index (χ4v) is 4.28. The Balaban J connectivity index is 1.82. The number of rotatable bonds is 4. The molecule has 160 valence electrons. The van der Waals surface area contributed by atoms with E-state index in [-0.39, 0.29) is 28.2 Å². The van der Waals surface area contributed by atoms with E-state index in [1.807, 2.05) is 13.0 Å². The standard InChI is InChI=1S/C23H25FN6O/c1-22(2)19(7-8-23(22,3)26)29-20-15(21(25)31)11-28-30-12-14(10-18(20)30)13-5-6-17(27-4)16(24)9-13/h5-6,9-12,19,29H,7-8,26H2,1-3H3,(H2,25,31)/t19-,23+/m1/s1. The summed E-state index contributed by atoms with van der Waals surface area (Å²) in [5.41, 5.74) is 14.4. The molecule has 2 heterocycles. The number of primary amides is 1. The first kappa shape index (κ1) is 20.8. The second kappa shape index (κ2) is 7.06. The van der Waals surface area contributed by atoms with Crippen molar-refractivity contribution in [1.82, 2.24) is 9.61 Å². The predicted molar refractivity (Wildman–Crippen MR) is 118 cm³/mol.